The van der Waals surface area contributed by atoms with Crippen LogP contribution in [-0.4, -0.2) is 42.5 Å². The maximum Gasteiger partial charge on any atom is 0.224 e. The molecule has 0 aliphatic carbocycles. The zero-order valence-corrected chi connectivity index (χ0v) is 17.1. The lowest BCUT2D eigenvalue weighted by Crippen LogP contribution is -2.20. The molecule has 0 spiro atoms. The molecule has 5 heteroatoms. The third-order valence-electron chi connectivity index (χ3n) is 5.00. The number of aromatic nitrogens is 1. The van der Waals surface area contributed by atoms with Gasteiger partial charge in [-0.3, -0.25) is 0 Å². The first-order valence-corrected chi connectivity index (χ1v) is 10.5. The van der Waals surface area contributed by atoms with Crippen LogP contribution in [-0.2, 0) is 0 Å². The Balaban J connectivity index is 1.84. The molecule has 1 unspecified atom stereocenters. The SMILES string of the molecule is CCCCOc1ccc(-c2cccc(N3CCC(O)C3)c2)c(OCCCC)n1. The first kappa shape index (κ1) is 20.5. The molecule has 5 nitrogen and oxygen atoms in total. The van der Waals surface area contributed by atoms with Crippen molar-refractivity contribution in [2.24, 2.45) is 0 Å². The van der Waals surface area contributed by atoms with Crippen LogP contribution in [0.3, 0.4) is 0 Å². The van der Waals surface area contributed by atoms with Crippen molar-refractivity contribution in [2.75, 3.05) is 31.2 Å². The third-order valence-corrected chi connectivity index (χ3v) is 5.00. The molecule has 1 atom stereocenters. The Bertz CT molecular complexity index is 750. The Morgan fingerprint density at radius 2 is 1.86 bits per heavy atom. The van der Waals surface area contributed by atoms with Gasteiger partial charge in [-0.2, -0.15) is 4.98 Å². The molecule has 1 aliphatic rings. The van der Waals surface area contributed by atoms with Gasteiger partial charge < -0.3 is 19.5 Å². The van der Waals surface area contributed by atoms with E-state index in [1.54, 1.807) is 0 Å². The minimum Gasteiger partial charge on any atom is -0.478 e. The zero-order chi connectivity index (χ0) is 19.8. The Hall–Kier alpha value is -2.27. The molecule has 152 valence electrons. The second kappa shape index (κ2) is 10.3. The molecule has 1 saturated heterocycles. The molecule has 2 heterocycles. The number of rotatable bonds is 10. The number of β-amino-alcohol motifs (C(OH)–C–C–N with tert-alkyl or cyclic N) is 1. The van der Waals surface area contributed by atoms with Crippen molar-refractivity contribution >= 4 is 5.69 Å². The zero-order valence-electron chi connectivity index (χ0n) is 17.1. The highest BCUT2D eigenvalue weighted by atomic mass is 16.5. The van der Waals surface area contributed by atoms with Gasteiger partial charge in [0.2, 0.25) is 11.8 Å². The molecule has 1 aromatic carbocycles. The van der Waals surface area contributed by atoms with Crippen molar-refractivity contribution in [3.05, 3.63) is 36.4 Å². The highest BCUT2D eigenvalue weighted by Gasteiger charge is 2.21. The summed E-state index contributed by atoms with van der Waals surface area (Å²) in [6.07, 6.45) is 4.76. The van der Waals surface area contributed by atoms with E-state index in [-0.39, 0.29) is 6.10 Å². The Labute approximate surface area is 168 Å². The number of aliphatic hydroxyl groups excluding tert-OH is 1. The molecule has 1 fully saturated rings. The van der Waals surface area contributed by atoms with Crippen LogP contribution < -0.4 is 14.4 Å². The Morgan fingerprint density at radius 3 is 2.57 bits per heavy atom. The predicted molar refractivity (Wildman–Crippen MR) is 113 cm³/mol. The smallest absolute Gasteiger partial charge is 0.224 e. The summed E-state index contributed by atoms with van der Waals surface area (Å²) in [5.74, 6) is 1.24. The van der Waals surface area contributed by atoms with Crippen LogP contribution in [0.1, 0.15) is 46.0 Å². The van der Waals surface area contributed by atoms with Crippen molar-refractivity contribution in [1.29, 1.82) is 0 Å². The van der Waals surface area contributed by atoms with Gasteiger partial charge in [0.1, 0.15) is 0 Å². The minimum atomic E-state index is -0.238. The van der Waals surface area contributed by atoms with Crippen LogP contribution >= 0.6 is 0 Å². The molecule has 0 radical (unpaired) electrons. The van der Waals surface area contributed by atoms with Crippen LogP contribution in [0.5, 0.6) is 11.8 Å². The molecule has 1 aliphatic heterocycles. The van der Waals surface area contributed by atoms with E-state index in [0.29, 0.717) is 31.5 Å². The lowest BCUT2D eigenvalue weighted by Gasteiger charge is -2.19. The number of hydrogen-bond acceptors (Lipinski definition) is 5. The molecule has 0 amide bonds. The van der Waals surface area contributed by atoms with Crippen LogP contribution in [0, 0.1) is 0 Å². The molecular formula is C23H32N2O3. The molecule has 2 aromatic rings. The average Bonchev–Trinajstić information content (AvgIpc) is 3.15. The summed E-state index contributed by atoms with van der Waals surface area (Å²) in [6.45, 7) is 7.18. The molecule has 0 bridgehead atoms. The largest absolute Gasteiger partial charge is 0.478 e. The number of aliphatic hydroxyl groups is 1. The van der Waals surface area contributed by atoms with E-state index in [1.807, 2.05) is 12.1 Å². The summed E-state index contributed by atoms with van der Waals surface area (Å²) in [5, 5.41) is 9.85. The van der Waals surface area contributed by atoms with Crippen molar-refractivity contribution in [3.8, 4) is 22.9 Å². The number of anilines is 1. The quantitative estimate of drug-likeness (QED) is 0.603. The van der Waals surface area contributed by atoms with Crippen LogP contribution in [0.4, 0.5) is 5.69 Å². The van der Waals surface area contributed by atoms with Gasteiger partial charge in [0.05, 0.1) is 19.3 Å². The van der Waals surface area contributed by atoms with Crippen molar-refractivity contribution in [3.63, 3.8) is 0 Å². The van der Waals surface area contributed by atoms with Gasteiger partial charge in [-0.15, -0.1) is 0 Å². The van der Waals surface area contributed by atoms with E-state index < -0.39 is 0 Å². The van der Waals surface area contributed by atoms with Crippen molar-refractivity contribution in [1.82, 2.24) is 4.98 Å². The van der Waals surface area contributed by atoms with E-state index in [1.165, 1.54) is 0 Å². The molecule has 0 saturated carbocycles. The number of hydrogen-bond donors (Lipinski definition) is 1. The van der Waals surface area contributed by atoms with E-state index in [2.05, 4.69) is 48.0 Å². The third kappa shape index (κ3) is 5.38. The standard InChI is InChI=1S/C23H32N2O3/c1-3-5-14-27-22-11-10-21(23(24-22)28-15-6-4-2)18-8-7-9-19(16-18)25-13-12-20(26)17-25/h7-11,16,20,26H,3-6,12-15,17H2,1-2H3. The van der Waals surface area contributed by atoms with Crippen LogP contribution in [0.2, 0.25) is 0 Å². The highest BCUT2D eigenvalue weighted by Crippen LogP contribution is 2.33. The second-order valence-electron chi connectivity index (χ2n) is 7.35. The van der Waals surface area contributed by atoms with Crippen molar-refractivity contribution in [2.45, 2.75) is 52.1 Å². The monoisotopic (exact) mass is 384 g/mol. The Morgan fingerprint density at radius 1 is 1.07 bits per heavy atom. The van der Waals surface area contributed by atoms with Crippen LogP contribution in [0.15, 0.2) is 36.4 Å². The summed E-state index contributed by atoms with van der Waals surface area (Å²) in [5.41, 5.74) is 3.16. The summed E-state index contributed by atoms with van der Waals surface area (Å²) < 4.78 is 11.8. The van der Waals surface area contributed by atoms with E-state index in [9.17, 15) is 5.11 Å². The fourth-order valence-electron chi connectivity index (χ4n) is 3.31. The molecule has 1 N–H and O–H groups in total. The number of unbranched alkanes of at least 4 members (excludes halogenated alkanes) is 2. The maximum atomic E-state index is 9.85. The first-order valence-electron chi connectivity index (χ1n) is 10.5. The maximum absolute atomic E-state index is 9.85. The first-order chi connectivity index (χ1) is 13.7. The van der Waals surface area contributed by atoms with Gasteiger partial charge in [0.15, 0.2) is 0 Å². The summed E-state index contributed by atoms with van der Waals surface area (Å²) in [4.78, 5) is 6.86. The molecular weight excluding hydrogens is 352 g/mol. The average molecular weight is 385 g/mol. The van der Waals surface area contributed by atoms with E-state index in [0.717, 1.165) is 55.5 Å². The van der Waals surface area contributed by atoms with Gasteiger partial charge in [-0.25, -0.2) is 0 Å². The highest BCUT2D eigenvalue weighted by molar-refractivity contribution is 5.73. The van der Waals surface area contributed by atoms with Gasteiger partial charge in [0.25, 0.3) is 0 Å². The van der Waals surface area contributed by atoms with Crippen LogP contribution in [0.25, 0.3) is 11.1 Å². The molecule has 28 heavy (non-hydrogen) atoms. The predicted octanol–water partition coefficient (Wildman–Crippen LogP) is 4.68. The minimum absolute atomic E-state index is 0.238. The molecule has 3 rings (SSSR count). The Kier molecular flexibility index (Phi) is 7.54. The topological polar surface area (TPSA) is 54.8 Å². The lowest BCUT2D eigenvalue weighted by atomic mass is 10.1. The fourth-order valence-corrected chi connectivity index (χ4v) is 3.31. The number of ether oxygens (including phenoxy) is 2. The van der Waals surface area contributed by atoms with E-state index >= 15 is 0 Å². The van der Waals surface area contributed by atoms with Gasteiger partial charge in [-0.05, 0) is 43.0 Å². The second-order valence-corrected chi connectivity index (χ2v) is 7.35. The lowest BCUT2D eigenvalue weighted by molar-refractivity contribution is 0.198. The normalized spacial score (nSPS) is 16.4. The summed E-state index contributed by atoms with van der Waals surface area (Å²) in [7, 11) is 0. The van der Waals surface area contributed by atoms with Crippen molar-refractivity contribution < 1.29 is 14.6 Å². The number of benzene rings is 1. The summed E-state index contributed by atoms with van der Waals surface area (Å²) in [6, 6.07) is 12.3. The van der Waals surface area contributed by atoms with E-state index in [4.69, 9.17) is 9.47 Å². The van der Waals surface area contributed by atoms with Gasteiger partial charge >= 0.3 is 0 Å². The number of pyridine rings is 1. The van der Waals surface area contributed by atoms with Gasteiger partial charge in [-0.1, -0.05) is 38.8 Å². The summed E-state index contributed by atoms with van der Waals surface area (Å²) >= 11 is 0. The van der Waals surface area contributed by atoms with Gasteiger partial charge in [0, 0.05) is 30.4 Å². The fraction of sp³-hybridized carbons (Fsp3) is 0.522. The molecule has 1 aromatic heterocycles. The number of nitrogens with zero attached hydrogens (tertiary/aromatic N) is 2.